The van der Waals surface area contributed by atoms with Crippen molar-refractivity contribution in [2.75, 3.05) is 5.32 Å². The van der Waals surface area contributed by atoms with Gasteiger partial charge in [0.1, 0.15) is 0 Å². The number of nitrogens with one attached hydrogen (secondary N) is 2. The van der Waals surface area contributed by atoms with Gasteiger partial charge in [0, 0.05) is 11.7 Å². The maximum atomic E-state index is 13.1. The van der Waals surface area contributed by atoms with E-state index in [9.17, 15) is 13.2 Å². The first-order chi connectivity index (χ1) is 13.1. The first-order valence-electron chi connectivity index (χ1n) is 9.67. The Balaban J connectivity index is 1.90. The topological polar surface area (TPSA) is 75.3 Å². The van der Waals surface area contributed by atoms with Gasteiger partial charge in [-0.1, -0.05) is 52.0 Å². The molecule has 2 N–H and O–H groups in total. The van der Waals surface area contributed by atoms with E-state index in [2.05, 4.69) is 36.0 Å². The number of carbonyl (C=O) groups is 1. The molecule has 0 unspecified atom stereocenters. The van der Waals surface area contributed by atoms with Gasteiger partial charge in [0.05, 0.1) is 10.8 Å². The number of carbonyl (C=O) groups excluding carboxylic acids is 1. The summed E-state index contributed by atoms with van der Waals surface area (Å²) in [6.07, 6.45) is 0. The molecule has 1 amide bonds. The molecule has 0 saturated carbocycles. The minimum absolute atomic E-state index is 0.0799. The lowest BCUT2D eigenvalue weighted by molar-refractivity contribution is -0.116. The minimum Gasteiger partial charge on any atom is -0.325 e. The molecule has 0 aromatic heterocycles. The molecule has 1 aliphatic heterocycles. The number of hydrogen-bond acceptors (Lipinski definition) is 3. The molecule has 28 heavy (non-hydrogen) atoms. The summed E-state index contributed by atoms with van der Waals surface area (Å²) in [4.78, 5) is 12.0. The van der Waals surface area contributed by atoms with Gasteiger partial charge in [-0.2, -0.15) is 0 Å². The van der Waals surface area contributed by atoms with Crippen LogP contribution in [0.3, 0.4) is 0 Å². The van der Waals surface area contributed by atoms with Crippen LogP contribution in [0.4, 0.5) is 5.69 Å². The Bertz CT molecular complexity index is 979. The van der Waals surface area contributed by atoms with Gasteiger partial charge >= 0.3 is 0 Å². The molecule has 3 rings (SSSR count). The van der Waals surface area contributed by atoms with Gasteiger partial charge in [-0.05, 0) is 53.6 Å². The van der Waals surface area contributed by atoms with Crippen LogP contribution in [0.25, 0.3) is 0 Å². The maximum absolute atomic E-state index is 13.1. The highest BCUT2D eigenvalue weighted by molar-refractivity contribution is 7.89. The van der Waals surface area contributed by atoms with Crippen molar-refractivity contribution in [3.05, 3.63) is 59.2 Å². The van der Waals surface area contributed by atoms with E-state index in [1.165, 1.54) is 5.56 Å². The quantitative estimate of drug-likeness (QED) is 0.747. The van der Waals surface area contributed by atoms with Crippen molar-refractivity contribution in [2.24, 2.45) is 5.92 Å². The Morgan fingerprint density at radius 3 is 2.14 bits per heavy atom. The van der Waals surface area contributed by atoms with E-state index in [0.717, 1.165) is 11.1 Å². The standard InChI is InChI=1S/C22H28N2O3S/c1-13(2)16-6-8-17(9-7-16)21(14(3)4)24-28(26,27)18-10-11-20-19(12-18)15(5)22(25)23-20/h6-15,21,24H,1-5H3,(H,23,25)/t15-,21-/m1/s1. The second kappa shape index (κ2) is 7.68. The highest BCUT2D eigenvalue weighted by Gasteiger charge is 2.30. The lowest BCUT2D eigenvalue weighted by atomic mass is 9.94. The lowest BCUT2D eigenvalue weighted by Crippen LogP contribution is -2.32. The number of fused-ring (bicyclic) bond motifs is 1. The third-order valence-electron chi connectivity index (χ3n) is 5.36. The van der Waals surface area contributed by atoms with Gasteiger partial charge in [0.25, 0.3) is 0 Å². The lowest BCUT2D eigenvalue weighted by Gasteiger charge is -2.23. The zero-order valence-electron chi connectivity index (χ0n) is 17.0. The molecule has 0 aliphatic carbocycles. The van der Waals surface area contributed by atoms with E-state index in [4.69, 9.17) is 0 Å². The van der Waals surface area contributed by atoms with Crippen LogP contribution in [0.2, 0.25) is 0 Å². The average molecular weight is 401 g/mol. The van der Waals surface area contributed by atoms with Crippen LogP contribution in [-0.4, -0.2) is 14.3 Å². The van der Waals surface area contributed by atoms with Gasteiger partial charge in [-0.3, -0.25) is 4.79 Å². The van der Waals surface area contributed by atoms with Crippen molar-refractivity contribution in [3.8, 4) is 0 Å². The molecular weight excluding hydrogens is 372 g/mol. The molecule has 0 fully saturated rings. The van der Waals surface area contributed by atoms with Crippen molar-refractivity contribution < 1.29 is 13.2 Å². The van der Waals surface area contributed by atoms with Gasteiger partial charge in [-0.25, -0.2) is 13.1 Å². The van der Waals surface area contributed by atoms with Crippen LogP contribution in [0, 0.1) is 5.92 Å². The normalized spacial score (nSPS) is 17.7. The summed E-state index contributed by atoms with van der Waals surface area (Å²) in [5, 5.41) is 2.77. The highest BCUT2D eigenvalue weighted by Crippen LogP contribution is 2.34. The monoisotopic (exact) mass is 400 g/mol. The van der Waals surface area contributed by atoms with Gasteiger partial charge in [-0.15, -0.1) is 0 Å². The Labute approximate surface area is 167 Å². The highest BCUT2D eigenvalue weighted by atomic mass is 32.2. The van der Waals surface area contributed by atoms with Gasteiger partial charge in [0.15, 0.2) is 0 Å². The van der Waals surface area contributed by atoms with Crippen LogP contribution in [0.5, 0.6) is 0 Å². The molecule has 6 heteroatoms. The molecule has 0 saturated heterocycles. The first-order valence-corrected chi connectivity index (χ1v) is 11.2. The molecule has 2 atom stereocenters. The van der Waals surface area contributed by atoms with Crippen molar-refractivity contribution in [2.45, 2.75) is 57.4 Å². The molecule has 1 heterocycles. The number of anilines is 1. The zero-order valence-corrected chi connectivity index (χ0v) is 17.8. The third kappa shape index (κ3) is 3.98. The van der Waals surface area contributed by atoms with Crippen molar-refractivity contribution in [3.63, 3.8) is 0 Å². The minimum atomic E-state index is -3.73. The van der Waals surface area contributed by atoms with Gasteiger partial charge < -0.3 is 5.32 Å². The maximum Gasteiger partial charge on any atom is 0.241 e. The predicted molar refractivity (Wildman–Crippen MR) is 112 cm³/mol. The summed E-state index contributed by atoms with van der Waals surface area (Å²) < 4.78 is 29.0. The summed E-state index contributed by atoms with van der Waals surface area (Å²) in [5.41, 5.74) is 3.56. The third-order valence-corrected chi connectivity index (χ3v) is 6.80. The fourth-order valence-electron chi connectivity index (χ4n) is 3.47. The van der Waals surface area contributed by atoms with Gasteiger partial charge in [0.2, 0.25) is 15.9 Å². The predicted octanol–water partition coefficient (Wildman–Crippen LogP) is 4.54. The summed E-state index contributed by atoms with van der Waals surface area (Å²) >= 11 is 0. The molecule has 1 aliphatic rings. The van der Waals surface area contributed by atoms with E-state index >= 15 is 0 Å². The Morgan fingerprint density at radius 2 is 1.57 bits per heavy atom. The zero-order chi connectivity index (χ0) is 20.6. The fraction of sp³-hybridized carbons (Fsp3) is 0.409. The Kier molecular flexibility index (Phi) is 5.64. The number of hydrogen-bond donors (Lipinski definition) is 2. The van der Waals surface area contributed by atoms with Crippen molar-refractivity contribution in [1.82, 2.24) is 4.72 Å². The number of benzene rings is 2. The smallest absolute Gasteiger partial charge is 0.241 e. The van der Waals surface area contributed by atoms with Crippen LogP contribution in [0.15, 0.2) is 47.4 Å². The van der Waals surface area contributed by atoms with Crippen LogP contribution in [0.1, 0.15) is 69.2 Å². The second-order valence-corrected chi connectivity index (χ2v) is 9.84. The number of amides is 1. The average Bonchev–Trinajstić information content (AvgIpc) is 2.93. The molecule has 2 aromatic carbocycles. The van der Waals surface area contributed by atoms with Crippen LogP contribution >= 0.6 is 0 Å². The first kappa shape index (κ1) is 20.6. The summed E-state index contributed by atoms with van der Waals surface area (Å²) in [5.74, 6) is 0.0432. The Hall–Kier alpha value is -2.18. The SMILES string of the molecule is CC(C)c1ccc([C@H](NS(=O)(=O)c2ccc3c(c2)[C@@H](C)C(=O)N3)C(C)C)cc1. The molecule has 0 bridgehead atoms. The van der Waals surface area contributed by atoms with Crippen LogP contribution in [-0.2, 0) is 14.8 Å². The van der Waals surface area contributed by atoms with E-state index in [1.807, 2.05) is 26.0 Å². The molecule has 5 nitrogen and oxygen atoms in total. The van der Waals surface area contributed by atoms with Crippen LogP contribution < -0.4 is 10.0 Å². The van der Waals surface area contributed by atoms with E-state index in [1.54, 1.807) is 25.1 Å². The van der Waals surface area contributed by atoms with E-state index < -0.39 is 10.0 Å². The molecular formula is C22H28N2O3S. The molecule has 0 spiro atoms. The van der Waals surface area contributed by atoms with Crippen molar-refractivity contribution >= 4 is 21.6 Å². The fourth-order valence-corrected chi connectivity index (χ4v) is 4.88. The second-order valence-electron chi connectivity index (χ2n) is 8.12. The van der Waals surface area contributed by atoms with Crippen molar-refractivity contribution in [1.29, 1.82) is 0 Å². The molecule has 0 radical (unpaired) electrons. The Morgan fingerprint density at radius 1 is 0.964 bits per heavy atom. The largest absolute Gasteiger partial charge is 0.325 e. The molecule has 2 aromatic rings. The van der Waals surface area contributed by atoms with E-state index in [-0.39, 0.29) is 28.7 Å². The number of sulfonamides is 1. The number of rotatable bonds is 6. The summed E-state index contributed by atoms with van der Waals surface area (Å²) in [6.45, 7) is 10.0. The van der Waals surface area contributed by atoms with E-state index in [0.29, 0.717) is 11.6 Å². The molecule has 150 valence electrons. The summed E-state index contributed by atoms with van der Waals surface area (Å²) in [7, 11) is -3.73. The summed E-state index contributed by atoms with van der Waals surface area (Å²) in [6, 6.07) is 12.6.